The summed E-state index contributed by atoms with van der Waals surface area (Å²) in [5.41, 5.74) is -0.409. The number of carbonyl (C=O) groups excluding carboxylic acids is 1. The molecule has 0 saturated carbocycles. The van der Waals surface area contributed by atoms with Gasteiger partial charge in [-0.3, -0.25) is 9.78 Å². The van der Waals surface area contributed by atoms with Gasteiger partial charge in [0.15, 0.2) is 0 Å². The molecule has 0 aliphatic carbocycles. The normalized spacial score (nSPS) is 14.3. The number of pyridine rings is 1. The van der Waals surface area contributed by atoms with Crippen LogP contribution in [0.3, 0.4) is 0 Å². The quantitative estimate of drug-likeness (QED) is 0.877. The molecule has 4 nitrogen and oxygen atoms in total. The van der Waals surface area contributed by atoms with Crippen molar-refractivity contribution in [3.8, 4) is 0 Å². The van der Waals surface area contributed by atoms with E-state index in [4.69, 9.17) is 0 Å². The van der Waals surface area contributed by atoms with E-state index in [0.29, 0.717) is 17.9 Å². The SMILES string of the molecule is CC(C)CC(C)(O)CNC(=O)c1cncc(Br)c1. The average Bonchev–Trinajstić information content (AvgIpc) is 2.24. The number of hydrogen-bond acceptors (Lipinski definition) is 3. The van der Waals surface area contributed by atoms with Gasteiger partial charge < -0.3 is 10.4 Å². The van der Waals surface area contributed by atoms with Crippen LogP contribution in [0.5, 0.6) is 0 Å². The molecule has 100 valence electrons. The molecule has 1 aromatic rings. The standard InChI is InChI=1S/C13H19BrN2O2/c1-9(2)5-13(3,18)8-16-12(17)10-4-11(14)7-15-6-10/h4,6-7,9,18H,5,8H2,1-3H3,(H,16,17). The van der Waals surface area contributed by atoms with Crippen molar-refractivity contribution >= 4 is 21.8 Å². The fraction of sp³-hybridized carbons (Fsp3) is 0.538. The highest BCUT2D eigenvalue weighted by molar-refractivity contribution is 9.10. The lowest BCUT2D eigenvalue weighted by Gasteiger charge is -2.25. The van der Waals surface area contributed by atoms with E-state index in [9.17, 15) is 9.90 Å². The van der Waals surface area contributed by atoms with E-state index in [1.165, 1.54) is 6.20 Å². The fourth-order valence-electron chi connectivity index (χ4n) is 1.86. The molecule has 0 fully saturated rings. The molecule has 1 unspecified atom stereocenters. The third-order valence-electron chi connectivity index (χ3n) is 2.44. The van der Waals surface area contributed by atoms with Crippen LogP contribution in [0.1, 0.15) is 37.6 Å². The minimum absolute atomic E-state index is 0.229. The second kappa shape index (κ2) is 6.29. The number of aliphatic hydroxyl groups is 1. The summed E-state index contributed by atoms with van der Waals surface area (Å²) in [6.07, 6.45) is 3.76. The van der Waals surface area contributed by atoms with Crippen molar-refractivity contribution in [2.24, 2.45) is 5.92 Å². The fourth-order valence-corrected chi connectivity index (χ4v) is 2.23. The second-order valence-electron chi connectivity index (χ2n) is 5.17. The zero-order chi connectivity index (χ0) is 13.8. The largest absolute Gasteiger partial charge is 0.388 e. The van der Waals surface area contributed by atoms with Gasteiger partial charge in [0.05, 0.1) is 11.2 Å². The summed E-state index contributed by atoms with van der Waals surface area (Å²) < 4.78 is 0.754. The topological polar surface area (TPSA) is 62.2 Å². The summed E-state index contributed by atoms with van der Waals surface area (Å²) in [6.45, 7) is 6.03. The molecule has 1 aromatic heterocycles. The van der Waals surface area contributed by atoms with Gasteiger partial charge in [0.1, 0.15) is 0 Å². The predicted molar refractivity (Wildman–Crippen MR) is 74.3 cm³/mol. The Hall–Kier alpha value is -0.940. The average molecular weight is 315 g/mol. The number of amides is 1. The van der Waals surface area contributed by atoms with Crippen molar-refractivity contribution in [3.63, 3.8) is 0 Å². The third kappa shape index (κ3) is 5.14. The number of nitrogens with zero attached hydrogens (tertiary/aromatic N) is 1. The summed E-state index contributed by atoms with van der Waals surface area (Å²) in [7, 11) is 0. The van der Waals surface area contributed by atoms with Crippen molar-refractivity contribution < 1.29 is 9.90 Å². The number of aromatic nitrogens is 1. The van der Waals surface area contributed by atoms with Crippen LogP contribution in [0.15, 0.2) is 22.9 Å². The van der Waals surface area contributed by atoms with Gasteiger partial charge in [0, 0.05) is 23.4 Å². The van der Waals surface area contributed by atoms with Gasteiger partial charge in [-0.15, -0.1) is 0 Å². The Balaban J connectivity index is 2.56. The molecule has 0 bridgehead atoms. The molecule has 0 aliphatic rings. The Morgan fingerprint density at radius 2 is 2.22 bits per heavy atom. The van der Waals surface area contributed by atoms with E-state index in [2.05, 4.69) is 26.2 Å². The zero-order valence-corrected chi connectivity index (χ0v) is 12.5. The van der Waals surface area contributed by atoms with E-state index < -0.39 is 5.60 Å². The van der Waals surface area contributed by atoms with E-state index in [1.54, 1.807) is 19.2 Å². The van der Waals surface area contributed by atoms with Crippen molar-refractivity contribution in [3.05, 3.63) is 28.5 Å². The summed E-state index contributed by atoms with van der Waals surface area (Å²) in [5, 5.41) is 12.8. The van der Waals surface area contributed by atoms with E-state index in [-0.39, 0.29) is 12.5 Å². The van der Waals surface area contributed by atoms with Crippen LogP contribution in [0.2, 0.25) is 0 Å². The lowest BCUT2D eigenvalue weighted by molar-refractivity contribution is 0.0368. The summed E-state index contributed by atoms with van der Waals surface area (Å²) in [4.78, 5) is 15.8. The molecule has 18 heavy (non-hydrogen) atoms. The van der Waals surface area contributed by atoms with Crippen molar-refractivity contribution in [1.82, 2.24) is 10.3 Å². The lowest BCUT2D eigenvalue weighted by Crippen LogP contribution is -2.41. The predicted octanol–water partition coefficient (Wildman–Crippen LogP) is 2.37. The van der Waals surface area contributed by atoms with E-state index in [0.717, 1.165) is 4.47 Å². The first-order chi connectivity index (χ1) is 8.30. The maximum Gasteiger partial charge on any atom is 0.252 e. The molecule has 1 atom stereocenters. The van der Waals surface area contributed by atoms with Crippen LogP contribution in [0.4, 0.5) is 0 Å². The van der Waals surface area contributed by atoms with E-state index in [1.807, 2.05) is 13.8 Å². The monoisotopic (exact) mass is 314 g/mol. The van der Waals surface area contributed by atoms with Gasteiger partial charge in [-0.25, -0.2) is 0 Å². The molecule has 2 N–H and O–H groups in total. The highest BCUT2D eigenvalue weighted by Crippen LogP contribution is 2.15. The summed E-state index contributed by atoms with van der Waals surface area (Å²) >= 11 is 3.26. The van der Waals surface area contributed by atoms with Crippen LogP contribution in [0.25, 0.3) is 0 Å². The Bertz CT molecular complexity index is 419. The number of rotatable bonds is 5. The second-order valence-corrected chi connectivity index (χ2v) is 6.09. The highest BCUT2D eigenvalue weighted by Gasteiger charge is 2.22. The molecule has 0 saturated heterocycles. The van der Waals surface area contributed by atoms with Crippen molar-refractivity contribution in [1.29, 1.82) is 0 Å². The molecule has 5 heteroatoms. The van der Waals surface area contributed by atoms with Gasteiger partial charge >= 0.3 is 0 Å². The molecular formula is C13H19BrN2O2. The first-order valence-electron chi connectivity index (χ1n) is 5.91. The Kier molecular flexibility index (Phi) is 5.28. The molecule has 1 heterocycles. The lowest BCUT2D eigenvalue weighted by atomic mass is 9.94. The Labute approximate surface area is 116 Å². The first-order valence-corrected chi connectivity index (χ1v) is 6.70. The molecule has 0 radical (unpaired) electrons. The third-order valence-corrected chi connectivity index (χ3v) is 2.88. The smallest absolute Gasteiger partial charge is 0.252 e. The Morgan fingerprint density at radius 3 is 2.78 bits per heavy atom. The van der Waals surface area contributed by atoms with Crippen molar-refractivity contribution in [2.45, 2.75) is 32.8 Å². The molecule has 0 aromatic carbocycles. The number of hydrogen-bond donors (Lipinski definition) is 2. The maximum absolute atomic E-state index is 11.8. The molecule has 0 spiro atoms. The summed E-state index contributed by atoms with van der Waals surface area (Å²) in [6, 6.07) is 1.69. The maximum atomic E-state index is 11.8. The minimum atomic E-state index is -0.886. The van der Waals surface area contributed by atoms with E-state index >= 15 is 0 Å². The minimum Gasteiger partial charge on any atom is -0.388 e. The van der Waals surface area contributed by atoms with Crippen LogP contribution in [-0.2, 0) is 0 Å². The van der Waals surface area contributed by atoms with Gasteiger partial charge in [0.25, 0.3) is 5.91 Å². The van der Waals surface area contributed by atoms with Crippen LogP contribution in [0, 0.1) is 5.92 Å². The highest BCUT2D eigenvalue weighted by atomic mass is 79.9. The summed E-state index contributed by atoms with van der Waals surface area (Å²) in [5.74, 6) is 0.150. The first kappa shape index (κ1) is 15.1. The molecule has 1 amide bonds. The molecule has 0 aliphatic heterocycles. The van der Waals surface area contributed by atoms with Gasteiger partial charge in [0.2, 0.25) is 0 Å². The number of nitrogens with one attached hydrogen (secondary N) is 1. The molecular weight excluding hydrogens is 296 g/mol. The molecule has 1 rings (SSSR count). The Morgan fingerprint density at radius 1 is 1.56 bits per heavy atom. The van der Waals surface area contributed by atoms with Gasteiger partial charge in [-0.1, -0.05) is 13.8 Å². The van der Waals surface area contributed by atoms with Crippen LogP contribution < -0.4 is 5.32 Å². The van der Waals surface area contributed by atoms with Crippen LogP contribution >= 0.6 is 15.9 Å². The van der Waals surface area contributed by atoms with Gasteiger partial charge in [-0.05, 0) is 41.3 Å². The van der Waals surface area contributed by atoms with Crippen molar-refractivity contribution in [2.75, 3.05) is 6.54 Å². The number of halogens is 1. The van der Waals surface area contributed by atoms with Crippen LogP contribution in [-0.4, -0.2) is 28.1 Å². The van der Waals surface area contributed by atoms with Gasteiger partial charge in [-0.2, -0.15) is 0 Å². The zero-order valence-electron chi connectivity index (χ0n) is 10.9. The number of carbonyl (C=O) groups is 1.